The van der Waals surface area contributed by atoms with Crippen molar-refractivity contribution in [3.63, 3.8) is 0 Å². The zero-order chi connectivity index (χ0) is 13.0. The molecule has 0 spiro atoms. The fourth-order valence-electron chi connectivity index (χ4n) is 1.52. The quantitative estimate of drug-likeness (QED) is 0.888. The Bertz CT molecular complexity index is 501. The molecule has 2 rings (SSSR count). The van der Waals surface area contributed by atoms with Crippen LogP contribution in [0, 0.1) is 5.13 Å². The molecule has 0 radical (unpaired) electrons. The van der Waals surface area contributed by atoms with Crippen LogP contribution >= 0.6 is 23.7 Å². The van der Waals surface area contributed by atoms with Crippen molar-refractivity contribution in [1.82, 2.24) is 15.1 Å². The zero-order valence-electron chi connectivity index (χ0n) is 9.85. The number of hydrogen-bond donors (Lipinski definition) is 1. The topological polar surface area (TPSA) is 29.9 Å². The molecule has 0 saturated heterocycles. The van der Waals surface area contributed by atoms with E-state index in [9.17, 15) is 13.2 Å². The molecule has 0 atom stereocenters. The zero-order valence-corrected chi connectivity index (χ0v) is 11.5. The second-order valence-corrected chi connectivity index (χ2v) is 4.89. The van der Waals surface area contributed by atoms with Crippen LogP contribution in [0.3, 0.4) is 0 Å². The maximum Gasteiger partial charge on any atom is 0.257 e. The van der Waals surface area contributed by atoms with Crippen LogP contribution in [0.4, 0.5) is 13.2 Å². The SMILES string of the molecule is Cl.Fc1ccc(CNCc2cnn(CC(F)F)c2)s1. The van der Waals surface area contributed by atoms with E-state index < -0.39 is 13.0 Å². The molecule has 0 amide bonds. The van der Waals surface area contributed by atoms with Gasteiger partial charge in [0.2, 0.25) is 0 Å². The number of rotatable bonds is 6. The number of nitrogens with zero attached hydrogens (tertiary/aromatic N) is 2. The fraction of sp³-hybridized carbons (Fsp3) is 0.364. The minimum Gasteiger partial charge on any atom is -0.308 e. The van der Waals surface area contributed by atoms with Crippen LogP contribution in [0.15, 0.2) is 24.5 Å². The number of halogens is 4. The highest BCUT2D eigenvalue weighted by molar-refractivity contribution is 7.10. The van der Waals surface area contributed by atoms with Crippen molar-refractivity contribution >= 4 is 23.7 Å². The van der Waals surface area contributed by atoms with Crippen molar-refractivity contribution in [2.45, 2.75) is 26.1 Å². The lowest BCUT2D eigenvalue weighted by atomic mass is 10.3. The van der Waals surface area contributed by atoms with Gasteiger partial charge in [-0.1, -0.05) is 0 Å². The monoisotopic (exact) mass is 311 g/mol. The average molecular weight is 312 g/mol. The van der Waals surface area contributed by atoms with Gasteiger partial charge in [-0.25, -0.2) is 8.78 Å². The van der Waals surface area contributed by atoms with Gasteiger partial charge in [-0.15, -0.1) is 23.7 Å². The molecule has 2 aromatic heterocycles. The van der Waals surface area contributed by atoms with E-state index in [0.717, 1.165) is 21.8 Å². The summed E-state index contributed by atoms with van der Waals surface area (Å²) in [6, 6.07) is 3.13. The maximum atomic E-state index is 12.7. The molecule has 106 valence electrons. The van der Waals surface area contributed by atoms with Crippen molar-refractivity contribution < 1.29 is 13.2 Å². The Labute approximate surface area is 118 Å². The molecule has 0 aromatic carbocycles. The van der Waals surface area contributed by atoms with E-state index in [0.29, 0.717) is 13.1 Å². The number of nitrogens with one attached hydrogen (secondary N) is 1. The normalized spacial score (nSPS) is 10.7. The van der Waals surface area contributed by atoms with E-state index >= 15 is 0 Å². The molecule has 3 nitrogen and oxygen atoms in total. The molecule has 0 aliphatic heterocycles. The van der Waals surface area contributed by atoms with Gasteiger partial charge in [-0.2, -0.15) is 9.49 Å². The largest absolute Gasteiger partial charge is 0.308 e. The van der Waals surface area contributed by atoms with Crippen molar-refractivity contribution in [1.29, 1.82) is 0 Å². The Balaban J connectivity index is 0.00000180. The van der Waals surface area contributed by atoms with Crippen LogP contribution in [-0.4, -0.2) is 16.2 Å². The Morgan fingerprint density at radius 2 is 2.11 bits per heavy atom. The van der Waals surface area contributed by atoms with E-state index in [1.165, 1.54) is 10.7 Å². The van der Waals surface area contributed by atoms with Crippen LogP contribution in [0.25, 0.3) is 0 Å². The average Bonchev–Trinajstić information content (AvgIpc) is 2.88. The lowest BCUT2D eigenvalue weighted by Gasteiger charge is -2.00. The summed E-state index contributed by atoms with van der Waals surface area (Å²) in [7, 11) is 0. The maximum absolute atomic E-state index is 12.7. The number of thiophene rings is 1. The molecule has 0 unspecified atom stereocenters. The highest BCUT2D eigenvalue weighted by Gasteiger charge is 2.05. The third-order valence-corrected chi connectivity index (χ3v) is 3.14. The summed E-state index contributed by atoms with van der Waals surface area (Å²) in [5.41, 5.74) is 0.827. The highest BCUT2D eigenvalue weighted by Crippen LogP contribution is 2.13. The van der Waals surface area contributed by atoms with Crippen LogP contribution < -0.4 is 5.32 Å². The van der Waals surface area contributed by atoms with Crippen molar-refractivity contribution in [3.8, 4) is 0 Å². The molecule has 2 heterocycles. The van der Waals surface area contributed by atoms with Gasteiger partial charge in [0.25, 0.3) is 6.43 Å². The lowest BCUT2D eigenvalue weighted by Crippen LogP contribution is -2.11. The summed E-state index contributed by atoms with van der Waals surface area (Å²) in [6.07, 6.45) is 0.721. The second-order valence-electron chi connectivity index (χ2n) is 3.77. The van der Waals surface area contributed by atoms with E-state index in [1.807, 2.05) is 0 Å². The standard InChI is InChI=1S/C11H12F3N3S.ClH/c12-10(13)7-17-6-8(4-16-17)3-15-5-9-1-2-11(14)18-9;/h1-2,4,6,10,15H,3,5,7H2;1H. The Kier molecular flexibility index (Phi) is 6.33. The summed E-state index contributed by atoms with van der Waals surface area (Å²) >= 11 is 1.09. The van der Waals surface area contributed by atoms with E-state index in [4.69, 9.17) is 0 Å². The van der Waals surface area contributed by atoms with Gasteiger partial charge in [-0.3, -0.25) is 4.68 Å². The summed E-state index contributed by atoms with van der Waals surface area (Å²) in [5.74, 6) is 0. The van der Waals surface area contributed by atoms with Gasteiger partial charge in [0.1, 0.15) is 6.54 Å². The highest BCUT2D eigenvalue weighted by atomic mass is 35.5. The number of aromatic nitrogens is 2. The summed E-state index contributed by atoms with van der Waals surface area (Å²) in [5, 5.41) is 6.71. The minimum absolute atomic E-state index is 0. The summed E-state index contributed by atoms with van der Waals surface area (Å²) in [6.45, 7) is 0.674. The molecule has 0 fully saturated rings. The summed E-state index contributed by atoms with van der Waals surface area (Å²) in [4.78, 5) is 0.896. The smallest absolute Gasteiger partial charge is 0.257 e. The van der Waals surface area contributed by atoms with E-state index in [-0.39, 0.29) is 17.5 Å². The number of alkyl halides is 2. The molecular weight excluding hydrogens is 299 g/mol. The van der Waals surface area contributed by atoms with Gasteiger partial charge in [0.15, 0.2) is 5.13 Å². The minimum atomic E-state index is -2.40. The second kappa shape index (κ2) is 7.52. The third-order valence-electron chi connectivity index (χ3n) is 2.27. The Hall–Kier alpha value is -1.05. The lowest BCUT2D eigenvalue weighted by molar-refractivity contribution is 0.122. The molecule has 0 aliphatic rings. The first-order valence-electron chi connectivity index (χ1n) is 5.38. The first-order valence-corrected chi connectivity index (χ1v) is 6.19. The molecule has 0 bridgehead atoms. The predicted molar refractivity (Wildman–Crippen MR) is 70.3 cm³/mol. The van der Waals surface area contributed by atoms with Crippen molar-refractivity contribution in [2.75, 3.05) is 0 Å². The molecule has 2 aromatic rings. The molecule has 0 saturated carbocycles. The summed E-state index contributed by atoms with van der Waals surface area (Å²) < 4.78 is 38.1. The number of hydrogen-bond acceptors (Lipinski definition) is 3. The molecule has 19 heavy (non-hydrogen) atoms. The van der Waals surface area contributed by atoms with Crippen LogP contribution in [0.1, 0.15) is 10.4 Å². The van der Waals surface area contributed by atoms with E-state index in [1.54, 1.807) is 18.5 Å². The Morgan fingerprint density at radius 3 is 2.74 bits per heavy atom. The first kappa shape index (κ1) is 16.0. The third kappa shape index (κ3) is 5.22. The fourth-order valence-corrected chi connectivity index (χ4v) is 2.21. The predicted octanol–water partition coefficient (Wildman–Crippen LogP) is 3.06. The van der Waals surface area contributed by atoms with Crippen molar-refractivity contribution in [2.24, 2.45) is 0 Å². The van der Waals surface area contributed by atoms with Crippen LogP contribution in [-0.2, 0) is 19.6 Å². The van der Waals surface area contributed by atoms with Gasteiger partial charge >= 0.3 is 0 Å². The van der Waals surface area contributed by atoms with Gasteiger partial charge in [0.05, 0.1) is 6.20 Å². The van der Waals surface area contributed by atoms with Gasteiger partial charge in [0, 0.05) is 29.7 Å². The molecule has 0 aliphatic carbocycles. The Morgan fingerprint density at radius 1 is 1.32 bits per heavy atom. The molecular formula is C11H13ClF3N3S. The van der Waals surface area contributed by atoms with Crippen LogP contribution in [0.5, 0.6) is 0 Å². The molecule has 1 N–H and O–H groups in total. The van der Waals surface area contributed by atoms with Crippen LogP contribution in [0.2, 0.25) is 0 Å². The van der Waals surface area contributed by atoms with E-state index in [2.05, 4.69) is 10.4 Å². The van der Waals surface area contributed by atoms with Gasteiger partial charge in [-0.05, 0) is 12.1 Å². The van der Waals surface area contributed by atoms with Gasteiger partial charge < -0.3 is 5.32 Å². The molecule has 8 heteroatoms. The first-order chi connectivity index (χ1) is 8.63. The van der Waals surface area contributed by atoms with Crippen molar-refractivity contribution in [3.05, 3.63) is 40.1 Å².